The van der Waals surface area contributed by atoms with E-state index >= 15 is 0 Å². The van der Waals surface area contributed by atoms with Crippen LogP contribution in [0.3, 0.4) is 0 Å². The number of hydrogen-bond donors (Lipinski definition) is 1. The highest BCUT2D eigenvalue weighted by atomic mass is 16.7. The third kappa shape index (κ3) is 2.86. The summed E-state index contributed by atoms with van der Waals surface area (Å²) in [6.07, 6.45) is -1.20. The summed E-state index contributed by atoms with van der Waals surface area (Å²) in [5.41, 5.74) is 8.04. The van der Waals surface area contributed by atoms with Crippen molar-refractivity contribution >= 4 is 0 Å². The lowest BCUT2D eigenvalue weighted by Gasteiger charge is -2.19. The van der Waals surface area contributed by atoms with Gasteiger partial charge in [-0.25, -0.2) is 0 Å². The highest BCUT2D eigenvalue weighted by Gasteiger charge is 2.36. The first-order valence-electron chi connectivity index (χ1n) is 4.06. The van der Waals surface area contributed by atoms with Gasteiger partial charge in [0.25, 0.3) is 0 Å². The van der Waals surface area contributed by atoms with E-state index in [-0.39, 0.29) is 6.54 Å². The molecule has 6 nitrogen and oxygen atoms in total. The van der Waals surface area contributed by atoms with E-state index in [4.69, 9.17) is 15.0 Å². The molecule has 74 valence electrons. The molecule has 0 aliphatic carbocycles. The third-order valence-corrected chi connectivity index (χ3v) is 1.79. The van der Waals surface area contributed by atoms with E-state index < -0.39 is 18.0 Å². The van der Waals surface area contributed by atoms with Gasteiger partial charge in [0.15, 0.2) is 5.79 Å². The maximum absolute atomic E-state index is 9.44. The van der Waals surface area contributed by atoms with Gasteiger partial charge in [0.2, 0.25) is 0 Å². The topological polar surface area (TPSA) is 87.5 Å². The van der Waals surface area contributed by atoms with Crippen LogP contribution in [0.25, 0.3) is 10.4 Å². The molecule has 1 fully saturated rings. The van der Waals surface area contributed by atoms with Crippen LogP contribution in [-0.2, 0) is 9.47 Å². The van der Waals surface area contributed by atoms with Crippen LogP contribution in [0.4, 0.5) is 0 Å². The number of hydrogen-bond acceptors (Lipinski definition) is 4. The number of nitrogens with zero attached hydrogens (tertiary/aromatic N) is 3. The van der Waals surface area contributed by atoms with E-state index in [0.717, 1.165) is 0 Å². The molecule has 0 aromatic rings. The summed E-state index contributed by atoms with van der Waals surface area (Å²) in [7, 11) is 0. The standard InChI is InChI=1S/C7H13N3O3/c1-7(2)12-4-6(13-7)5(11)3-9-10-8/h5-6,11H,3-4H2,1-2H3/t5-,6+/m1/s1. The fraction of sp³-hybridized carbons (Fsp3) is 1.00. The smallest absolute Gasteiger partial charge is 0.163 e. The van der Waals surface area contributed by atoms with Crippen LogP contribution < -0.4 is 0 Å². The SMILES string of the molecule is CC1(C)OC[C@@H]([C@H](O)CN=[N+]=[N-])O1. The average Bonchev–Trinajstić information content (AvgIpc) is 2.42. The van der Waals surface area contributed by atoms with Gasteiger partial charge in [-0.15, -0.1) is 0 Å². The van der Waals surface area contributed by atoms with E-state index in [0.29, 0.717) is 6.61 Å². The molecule has 0 aromatic heterocycles. The van der Waals surface area contributed by atoms with Crippen molar-refractivity contribution < 1.29 is 14.6 Å². The Morgan fingerprint density at radius 2 is 2.46 bits per heavy atom. The molecule has 0 saturated carbocycles. The molecule has 0 spiro atoms. The molecule has 1 aliphatic heterocycles. The molecule has 0 aromatic carbocycles. The quantitative estimate of drug-likeness (QED) is 0.403. The highest BCUT2D eigenvalue weighted by Crippen LogP contribution is 2.24. The Morgan fingerprint density at radius 1 is 1.77 bits per heavy atom. The second-order valence-electron chi connectivity index (χ2n) is 3.35. The van der Waals surface area contributed by atoms with Crippen LogP contribution in [0.15, 0.2) is 5.11 Å². The number of rotatable bonds is 3. The van der Waals surface area contributed by atoms with E-state index in [1.54, 1.807) is 13.8 Å². The molecule has 1 N–H and O–H groups in total. The van der Waals surface area contributed by atoms with Gasteiger partial charge in [0, 0.05) is 4.91 Å². The Bertz CT molecular complexity index is 225. The lowest BCUT2D eigenvalue weighted by molar-refractivity contribution is -0.150. The number of aliphatic hydroxyl groups excluding tert-OH is 1. The van der Waals surface area contributed by atoms with E-state index in [9.17, 15) is 5.11 Å². The van der Waals surface area contributed by atoms with Crippen LogP contribution in [0.2, 0.25) is 0 Å². The summed E-state index contributed by atoms with van der Waals surface area (Å²) in [4.78, 5) is 2.55. The largest absolute Gasteiger partial charge is 0.390 e. The molecule has 1 aliphatic rings. The summed E-state index contributed by atoms with van der Waals surface area (Å²) in [6.45, 7) is 3.89. The van der Waals surface area contributed by atoms with Gasteiger partial charge >= 0.3 is 0 Å². The zero-order valence-electron chi connectivity index (χ0n) is 7.67. The summed E-state index contributed by atoms with van der Waals surface area (Å²) in [5, 5.41) is 12.7. The molecule has 0 amide bonds. The average molecular weight is 187 g/mol. The summed E-state index contributed by atoms with van der Waals surface area (Å²) >= 11 is 0. The molecule has 6 heteroatoms. The van der Waals surface area contributed by atoms with Crippen LogP contribution in [-0.4, -0.2) is 36.3 Å². The number of aliphatic hydroxyl groups is 1. The van der Waals surface area contributed by atoms with Crippen LogP contribution in [0.5, 0.6) is 0 Å². The van der Waals surface area contributed by atoms with Crippen molar-refractivity contribution in [2.75, 3.05) is 13.2 Å². The van der Waals surface area contributed by atoms with Crippen molar-refractivity contribution in [3.63, 3.8) is 0 Å². The molecular weight excluding hydrogens is 174 g/mol. The minimum atomic E-state index is -0.794. The van der Waals surface area contributed by atoms with Gasteiger partial charge in [-0.2, -0.15) is 0 Å². The lowest BCUT2D eigenvalue weighted by atomic mass is 10.2. The fourth-order valence-electron chi connectivity index (χ4n) is 1.14. The molecule has 1 heterocycles. The summed E-state index contributed by atoms with van der Waals surface area (Å²) in [6, 6.07) is 0. The van der Waals surface area contributed by atoms with Crippen molar-refractivity contribution in [1.82, 2.24) is 0 Å². The molecule has 1 rings (SSSR count). The Labute approximate surface area is 76.1 Å². The molecule has 0 unspecified atom stereocenters. The van der Waals surface area contributed by atoms with Crippen molar-refractivity contribution in [2.45, 2.75) is 31.8 Å². The molecule has 2 atom stereocenters. The van der Waals surface area contributed by atoms with E-state index in [1.807, 2.05) is 0 Å². The van der Waals surface area contributed by atoms with Crippen molar-refractivity contribution in [1.29, 1.82) is 0 Å². The van der Waals surface area contributed by atoms with Gasteiger partial charge in [-0.05, 0) is 19.4 Å². The van der Waals surface area contributed by atoms with Gasteiger partial charge in [0.05, 0.1) is 19.3 Å². The van der Waals surface area contributed by atoms with Gasteiger partial charge in [-0.1, -0.05) is 5.11 Å². The second-order valence-corrected chi connectivity index (χ2v) is 3.35. The zero-order chi connectivity index (χ0) is 9.90. The molecular formula is C7H13N3O3. The Hall–Kier alpha value is -0.810. The maximum atomic E-state index is 9.44. The second kappa shape index (κ2) is 3.93. The van der Waals surface area contributed by atoms with E-state index in [1.165, 1.54) is 0 Å². The Morgan fingerprint density at radius 3 is 2.92 bits per heavy atom. The van der Waals surface area contributed by atoms with Crippen molar-refractivity contribution in [2.24, 2.45) is 5.11 Å². The summed E-state index contributed by atoms with van der Waals surface area (Å²) in [5.74, 6) is -0.651. The first-order valence-corrected chi connectivity index (χ1v) is 4.06. The van der Waals surface area contributed by atoms with Crippen LogP contribution >= 0.6 is 0 Å². The molecule has 13 heavy (non-hydrogen) atoms. The number of azide groups is 1. The predicted molar refractivity (Wildman–Crippen MR) is 44.9 cm³/mol. The first-order chi connectivity index (χ1) is 6.05. The van der Waals surface area contributed by atoms with Gasteiger partial charge in [-0.3, -0.25) is 0 Å². The maximum Gasteiger partial charge on any atom is 0.163 e. The van der Waals surface area contributed by atoms with Crippen molar-refractivity contribution in [3.8, 4) is 0 Å². The minimum absolute atomic E-state index is 0.0145. The third-order valence-electron chi connectivity index (χ3n) is 1.79. The van der Waals surface area contributed by atoms with E-state index in [2.05, 4.69) is 10.0 Å². The molecule has 0 bridgehead atoms. The van der Waals surface area contributed by atoms with Gasteiger partial charge in [0.1, 0.15) is 6.10 Å². The number of ether oxygens (including phenoxy) is 2. The monoisotopic (exact) mass is 187 g/mol. The predicted octanol–water partition coefficient (Wildman–Crippen LogP) is 0.809. The Balaban J connectivity index is 2.41. The first kappa shape index (κ1) is 10.3. The van der Waals surface area contributed by atoms with Crippen LogP contribution in [0.1, 0.15) is 13.8 Å². The zero-order valence-corrected chi connectivity index (χ0v) is 7.67. The minimum Gasteiger partial charge on any atom is -0.390 e. The molecule has 1 saturated heterocycles. The van der Waals surface area contributed by atoms with Gasteiger partial charge < -0.3 is 14.6 Å². The molecule has 0 radical (unpaired) electrons. The van der Waals surface area contributed by atoms with Crippen LogP contribution in [0, 0.1) is 0 Å². The Kier molecular flexibility index (Phi) is 3.11. The lowest BCUT2D eigenvalue weighted by Crippen LogP contribution is -2.32. The normalized spacial score (nSPS) is 28.1. The van der Waals surface area contributed by atoms with Crippen molar-refractivity contribution in [3.05, 3.63) is 10.4 Å². The highest BCUT2D eigenvalue weighted by molar-refractivity contribution is 4.78. The fourth-order valence-corrected chi connectivity index (χ4v) is 1.14. The summed E-state index contributed by atoms with van der Waals surface area (Å²) < 4.78 is 10.6.